The average Bonchev–Trinajstić information content (AvgIpc) is 2.90. The second kappa shape index (κ2) is 10.9. The van der Waals surface area contributed by atoms with Crippen LogP contribution >= 0.6 is 27.5 Å². The molecule has 2 aliphatic rings. The molecule has 0 saturated heterocycles. The number of Topliss-reactive ketones (excluding diaryl/α,β-unsaturated/α-hetero) is 1. The summed E-state index contributed by atoms with van der Waals surface area (Å²) in [6, 6.07) is 19.9. The monoisotopic (exact) mass is 601 g/mol. The lowest BCUT2D eigenvalue weighted by Gasteiger charge is -2.40. The van der Waals surface area contributed by atoms with Gasteiger partial charge in [0.15, 0.2) is 5.78 Å². The molecule has 3 aromatic carbocycles. The van der Waals surface area contributed by atoms with Crippen LogP contribution in [0.25, 0.3) is 0 Å². The zero-order valence-electron chi connectivity index (χ0n) is 22.1. The average molecular weight is 603 g/mol. The van der Waals surface area contributed by atoms with Gasteiger partial charge in [0.2, 0.25) is 0 Å². The summed E-state index contributed by atoms with van der Waals surface area (Å²) in [4.78, 5) is 15.5. The van der Waals surface area contributed by atoms with Crippen LogP contribution in [0, 0.1) is 32.1 Å². The Morgan fingerprint density at radius 2 is 1.85 bits per heavy atom. The highest BCUT2D eigenvalue weighted by Crippen LogP contribution is 2.47. The number of halogens is 2. The minimum atomic E-state index is -0.527. The smallest absolute Gasteiger partial charge is 0.161 e. The van der Waals surface area contributed by atoms with E-state index in [9.17, 15) is 10.1 Å². The van der Waals surface area contributed by atoms with E-state index < -0.39 is 5.92 Å². The second-order valence-corrected chi connectivity index (χ2v) is 11.5. The predicted molar refractivity (Wildman–Crippen MR) is 159 cm³/mol. The molecule has 0 saturated carbocycles. The zero-order valence-corrected chi connectivity index (χ0v) is 24.5. The summed E-state index contributed by atoms with van der Waals surface area (Å²) in [5.41, 5.74) is 14.4. The molecule has 5 nitrogen and oxygen atoms in total. The number of rotatable bonds is 5. The molecule has 1 atom stereocenters. The number of nitrogens with two attached hydrogens (primary N) is 1. The number of nitriles is 1. The van der Waals surface area contributed by atoms with Crippen molar-refractivity contribution in [2.24, 2.45) is 5.73 Å². The van der Waals surface area contributed by atoms with Gasteiger partial charge < -0.3 is 10.5 Å². The van der Waals surface area contributed by atoms with E-state index in [0.29, 0.717) is 41.4 Å². The van der Waals surface area contributed by atoms with E-state index in [1.165, 1.54) is 0 Å². The van der Waals surface area contributed by atoms with Gasteiger partial charge in [0, 0.05) is 32.9 Å². The molecule has 5 rings (SSSR count). The Bertz CT molecular complexity index is 1580. The number of nitrogens with zero attached hydrogens (tertiary/aromatic N) is 2. The molecule has 1 aliphatic heterocycles. The van der Waals surface area contributed by atoms with Crippen LogP contribution in [0.2, 0.25) is 5.02 Å². The Hall–Kier alpha value is -3.53. The first-order valence-corrected chi connectivity index (χ1v) is 14.1. The van der Waals surface area contributed by atoms with Gasteiger partial charge in [-0.15, -0.1) is 0 Å². The largest absolute Gasteiger partial charge is 0.489 e. The maximum Gasteiger partial charge on any atom is 0.161 e. The van der Waals surface area contributed by atoms with Crippen molar-refractivity contribution >= 4 is 39.0 Å². The summed E-state index contributed by atoms with van der Waals surface area (Å²) in [7, 11) is 0. The van der Waals surface area contributed by atoms with Gasteiger partial charge in [-0.05, 0) is 98.3 Å². The number of benzene rings is 3. The second-order valence-electron chi connectivity index (χ2n) is 10.1. The minimum absolute atomic E-state index is 0.0686. The molecule has 7 heteroatoms. The zero-order chi connectivity index (χ0) is 27.8. The summed E-state index contributed by atoms with van der Waals surface area (Å²) >= 11 is 9.60. The third-order valence-corrected chi connectivity index (χ3v) is 8.29. The third-order valence-electron chi connectivity index (χ3n) is 7.53. The van der Waals surface area contributed by atoms with Crippen LogP contribution in [0.15, 0.2) is 81.7 Å². The van der Waals surface area contributed by atoms with E-state index in [4.69, 9.17) is 22.1 Å². The highest BCUT2D eigenvalue weighted by Gasteiger charge is 2.41. The number of aryl methyl sites for hydroxylation is 2. The van der Waals surface area contributed by atoms with Gasteiger partial charge in [-0.3, -0.25) is 9.69 Å². The highest BCUT2D eigenvalue weighted by molar-refractivity contribution is 9.10. The van der Waals surface area contributed by atoms with Crippen molar-refractivity contribution in [1.29, 1.82) is 5.26 Å². The molecule has 2 N–H and O–H groups in total. The lowest BCUT2D eigenvalue weighted by Crippen LogP contribution is -2.39. The molecule has 0 fully saturated rings. The molecule has 0 amide bonds. The van der Waals surface area contributed by atoms with Crippen LogP contribution in [0.4, 0.5) is 5.69 Å². The SMILES string of the molecule is Cc1cc(COc2ccc(Cl)cc2C)c(C)c(C2C(C#N)=C(N)N(c3ccc(Br)cc3)C3=C2C(=O)CCC3)c1. The summed E-state index contributed by atoms with van der Waals surface area (Å²) in [5.74, 6) is 0.673. The fraction of sp³-hybridized carbons (Fsp3) is 0.250. The van der Waals surface area contributed by atoms with Gasteiger partial charge >= 0.3 is 0 Å². The van der Waals surface area contributed by atoms with E-state index >= 15 is 0 Å². The van der Waals surface area contributed by atoms with Gasteiger partial charge in [0.1, 0.15) is 18.2 Å². The number of hydrogen-bond donors (Lipinski definition) is 1. The Morgan fingerprint density at radius 1 is 1.10 bits per heavy atom. The Kier molecular flexibility index (Phi) is 7.57. The van der Waals surface area contributed by atoms with Crippen molar-refractivity contribution in [2.45, 2.75) is 52.6 Å². The van der Waals surface area contributed by atoms with E-state index in [0.717, 1.165) is 55.8 Å². The first-order valence-electron chi connectivity index (χ1n) is 12.9. The van der Waals surface area contributed by atoms with Crippen molar-refractivity contribution in [3.8, 4) is 11.8 Å². The van der Waals surface area contributed by atoms with Crippen molar-refractivity contribution in [3.63, 3.8) is 0 Å². The Morgan fingerprint density at radius 3 is 2.54 bits per heavy atom. The number of carbonyl (C=O) groups excluding carboxylic acids is 1. The quantitative estimate of drug-likeness (QED) is 0.321. The lowest BCUT2D eigenvalue weighted by molar-refractivity contribution is -0.116. The third kappa shape index (κ3) is 5.09. The number of carbonyl (C=O) groups is 1. The van der Waals surface area contributed by atoms with E-state index in [-0.39, 0.29) is 5.78 Å². The summed E-state index contributed by atoms with van der Waals surface area (Å²) in [5, 5.41) is 11.1. The molecule has 0 bridgehead atoms. The van der Waals surface area contributed by atoms with Crippen LogP contribution < -0.4 is 15.4 Å². The van der Waals surface area contributed by atoms with Gasteiger partial charge in [0.25, 0.3) is 0 Å². The van der Waals surface area contributed by atoms with Crippen LogP contribution in [0.3, 0.4) is 0 Å². The van der Waals surface area contributed by atoms with Crippen molar-refractivity contribution < 1.29 is 9.53 Å². The number of anilines is 1. The molecule has 1 unspecified atom stereocenters. The summed E-state index contributed by atoms with van der Waals surface area (Å²) < 4.78 is 7.13. The number of allylic oxidation sites excluding steroid dienone is 3. The summed E-state index contributed by atoms with van der Waals surface area (Å²) in [6.45, 7) is 6.36. The molecular formula is C32H29BrClN3O2. The van der Waals surface area contributed by atoms with Gasteiger partial charge in [-0.25, -0.2) is 0 Å². The van der Waals surface area contributed by atoms with Gasteiger partial charge in [-0.2, -0.15) is 5.26 Å². The summed E-state index contributed by atoms with van der Waals surface area (Å²) in [6.07, 6.45) is 1.92. The number of ketones is 1. The molecule has 39 heavy (non-hydrogen) atoms. The predicted octanol–water partition coefficient (Wildman–Crippen LogP) is 7.91. The first kappa shape index (κ1) is 27.1. The Balaban J connectivity index is 1.62. The topological polar surface area (TPSA) is 79.3 Å². The molecule has 0 spiro atoms. The van der Waals surface area contributed by atoms with Crippen molar-refractivity contribution in [2.75, 3.05) is 4.90 Å². The standard InChI is InChI=1S/C32H29BrClN3O2/c1-18-13-21(17-39-29-12-9-23(34)15-19(29)2)20(3)25(14-18)30-26(16-35)32(36)37(24-10-7-22(33)8-11-24)27-5-4-6-28(38)31(27)30/h7-15,30H,4-6,17,36H2,1-3H3. The van der Waals surface area contributed by atoms with Crippen LogP contribution in [-0.2, 0) is 11.4 Å². The lowest BCUT2D eigenvalue weighted by atomic mass is 9.73. The van der Waals surface area contributed by atoms with E-state index in [1.807, 2.05) is 68.1 Å². The van der Waals surface area contributed by atoms with Crippen LogP contribution in [0.1, 0.15) is 53.0 Å². The highest BCUT2D eigenvalue weighted by atomic mass is 79.9. The molecule has 1 aliphatic carbocycles. The maximum atomic E-state index is 13.6. The minimum Gasteiger partial charge on any atom is -0.489 e. The fourth-order valence-corrected chi connectivity index (χ4v) is 6.12. The van der Waals surface area contributed by atoms with Crippen molar-refractivity contribution in [1.82, 2.24) is 0 Å². The van der Waals surface area contributed by atoms with E-state index in [1.54, 1.807) is 0 Å². The Labute approximate surface area is 242 Å². The maximum absolute atomic E-state index is 13.6. The molecule has 0 radical (unpaired) electrons. The first-order chi connectivity index (χ1) is 18.7. The molecular weight excluding hydrogens is 574 g/mol. The van der Waals surface area contributed by atoms with Gasteiger partial charge in [-0.1, -0.05) is 45.2 Å². The molecule has 0 aromatic heterocycles. The van der Waals surface area contributed by atoms with Crippen LogP contribution in [-0.4, -0.2) is 5.78 Å². The molecule has 1 heterocycles. The van der Waals surface area contributed by atoms with Crippen molar-refractivity contribution in [3.05, 3.63) is 115 Å². The molecule has 198 valence electrons. The molecule has 3 aromatic rings. The van der Waals surface area contributed by atoms with Crippen LogP contribution in [0.5, 0.6) is 5.75 Å². The number of ether oxygens (including phenoxy) is 1. The van der Waals surface area contributed by atoms with E-state index in [2.05, 4.69) is 34.1 Å². The normalized spacial score (nSPS) is 17.3. The fourth-order valence-electron chi connectivity index (χ4n) is 5.63. The van der Waals surface area contributed by atoms with Gasteiger partial charge in [0.05, 0.1) is 17.6 Å². The number of hydrogen-bond acceptors (Lipinski definition) is 5.